The summed E-state index contributed by atoms with van der Waals surface area (Å²) in [6, 6.07) is 0.937. The van der Waals surface area contributed by atoms with E-state index in [1.54, 1.807) is 0 Å². The van der Waals surface area contributed by atoms with E-state index in [9.17, 15) is 4.79 Å². The summed E-state index contributed by atoms with van der Waals surface area (Å²) in [6.45, 7) is 3.24. The number of fused-ring (bicyclic) bond motifs is 2. The van der Waals surface area contributed by atoms with Gasteiger partial charge in [-0.15, -0.1) is 0 Å². The van der Waals surface area contributed by atoms with Gasteiger partial charge in [-0.3, -0.25) is 4.79 Å². The Balaban J connectivity index is 1.46. The Labute approximate surface area is 103 Å². The van der Waals surface area contributed by atoms with Gasteiger partial charge in [-0.25, -0.2) is 0 Å². The summed E-state index contributed by atoms with van der Waals surface area (Å²) in [5, 5.41) is 6.64. The quantitative estimate of drug-likeness (QED) is 0.723. The standard InChI is InChI=1S/C14H22N2O/c1-9(13-7-10-2-3-11(13)6-10)15-8-12-4-5-14(17)16-12/h2-3,9-13,15H,4-8H2,1H3,(H,16,17). The molecule has 17 heavy (non-hydrogen) atoms. The van der Waals surface area contributed by atoms with Crippen molar-refractivity contribution in [2.45, 2.75) is 44.7 Å². The van der Waals surface area contributed by atoms with E-state index in [4.69, 9.17) is 0 Å². The van der Waals surface area contributed by atoms with E-state index in [1.165, 1.54) is 12.8 Å². The van der Waals surface area contributed by atoms with Gasteiger partial charge in [-0.05, 0) is 43.9 Å². The summed E-state index contributed by atoms with van der Waals surface area (Å²) < 4.78 is 0. The van der Waals surface area contributed by atoms with Crippen LogP contribution in [0.3, 0.4) is 0 Å². The Morgan fingerprint density at radius 2 is 2.35 bits per heavy atom. The molecular formula is C14H22N2O. The minimum atomic E-state index is 0.215. The summed E-state index contributed by atoms with van der Waals surface area (Å²) in [5.74, 6) is 2.68. The number of rotatable bonds is 4. The largest absolute Gasteiger partial charge is 0.352 e. The molecule has 3 aliphatic rings. The van der Waals surface area contributed by atoms with Crippen LogP contribution in [0, 0.1) is 17.8 Å². The van der Waals surface area contributed by atoms with Crippen LogP contribution in [0.1, 0.15) is 32.6 Å². The van der Waals surface area contributed by atoms with Gasteiger partial charge < -0.3 is 10.6 Å². The predicted molar refractivity (Wildman–Crippen MR) is 67.5 cm³/mol. The van der Waals surface area contributed by atoms with E-state index < -0.39 is 0 Å². The molecular weight excluding hydrogens is 212 g/mol. The molecule has 2 fully saturated rings. The lowest BCUT2D eigenvalue weighted by Crippen LogP contribution is -2.43. The second-order valence-corrected chi connectivity index (χ2v) is 5.94. The predicted octanol–water partition coefficient (Wildman–Crippen LogP) is 1.46. The van der Waals surface area contributed by atoms with Gasteiger partial charge in [0, 0.05) is 25.0 Å². The highest BCUT2D eigenvalue weighted by atomic mass is 16.1. The minimum absolute atomic E-state index is 0.215. The molecule has 1 saturated heterocycles. The molecule has 0 aromatic rings. The maximum Gasteiger partial charge on any atom is 0.220 e. The lowest BCUT2D eigenvalue weighted by molar-refractivity contribution is -0.119. The van der Waals surface area contributed by atoms with E-state index in [0.29, 0.717) is 18.5 Å². The maximum absolute atomic E-state index is 11.1. The first-order chi connectivity index (χ1) is 8.22. The van der Waals surface area contributed by atoms with Gasteiger partial charge in [0.15, 0.2) is 0 Å². The molecule has 2 bridgehead atoms. The average Bonchev–Trinajstić information content (AvgIpc) is 3.01. The van der Waals surface area contributed by atoms with Crippen molar-refractivity contribution in [1.82, 2.24) is 10.6 Å². The van der Waals surface area contributed by atoms with Crippen molar-refractivity contribution < 1.29 is 4.79 Å². The summed E-state index contributed by atoms with van der Waals surface area (Å²) in [5.41, 5.74) is 0. The zero-order chi connectivity index (χ0) is 11.8. The molecule has 1 amide bonds. The third kappa shape index (κ3) is 2.25. The molecule has 2 aliphatic carbocycles. The van der Waals surface area contributed by atoms with Crippen LogP contribution in [-0.4, -0.2) is 24.5 Å². The van der Waals surface area contributed by atoms with Gasteiger partial charge in [-0.1, -0.05) is 12.2 Å². The van der Waals surface area contributed by atoms with Crippen molar-refractivity contribution in [3.8, 4) is 0 Å². The molecule has 0 spiro atoms. The van der Waals surface area contributed by atoms with Gasteiger partial charge in [-0.2, -0.15) is 0 Å². The summed E-state index contributed by atoms with van der Waals surface area (Å²) in [4.78, 5) is 11.1. The summed E-state index contributed by atoms with van der Waals surface area (Å²) in [7, 11) is 0. The molecule has 94 valence electrons. The van der Waals surface area contributed by atoms with Gasteiger partial charge >= 0.3 is 0 Å². The summed E-state index contributed by atoms with van der Waals surface area (Å²) >= 11 is 0. The third-order valence-electron chi connectivity index (χ3n) is 4.74. The second-order valence-electron chi connectivity index (χ2n) is 5.94. The molecule has 0 radical (unpaired) electrons. The number of amides is 1. The van der Waals surface area contributed by atoms with E-state index in [1.807, 2.05) is 0 Å². The number of carbonyl (C=O) groups excluding carboxylic acids is 1. The molecule has 1 aliphatic heterocycles. The fourth-order valence-electron chi connectivity index (χ4n) is 3.71. The van der Waals surface area contributed by atoms with Crippen molar-refractivity contribution in [3.05, 3.63) is 12.2 Å². The van der Waals surface area contributed by atoms with Gasteiger partial charge in [0.05, 0.1) is 0 Å². The lowest BCUT2D eigenvalue weighted by atomic mass is 9.87. The highest BCUT2D eigenvalue weighted by Gasteiger charge is 2.38. The Morgan fingerprint density at radius 1 is 1.47 bits per heavy atom. The van der Waals surface area contributed by atoms with E-state index >= 15 is 0 Å². The zero-order valence-corrected chi connectivity index (χ0v) is 10.5. The molecule has 5 atom stereocenters. The Morgan fingerprint density at radius 3 is 2.94 bits per heavy atom. The van der Waals surface area contributed by atoms with E-state index in [-0.39, 0.29) is 5.91 Å². The minimum Gasteiger partial charge on any atom is -0.352 e. The SMILES string of the molecule is CC(NCC1CCC(=O)N1)C1CC2C=CC1C2. The monoisotopic (exact) mass is 234 g/mol. The van der Waals surface area contributed by atoms with Crippen LogP contribution in [0.4, 0.5) is 0 Å². The maximum atomic E-state index is 11.1. The molecule has 1 saturated carbocycles. The van der Waals surface area contributed by atoms with Crippen molar-refractivity contribution in [1.29, 1.82) is 0 Å². The normalized spacial score (nSPS) is 40.9. The first-order valence-electron chi connectivity index (χ1n) is 6.93. The van der Waals surface area contributed by atoms with Gasteiger partial charge in [0.1, 0.15) is 0 Å². The Kier molecular flexibility index (Phi) is 2.95. The molecule has 0 aromatic heterocycles. The molecule has 1 heterocycles. The van der Waals surface area contributed by atoms with Crippen LogP contribution in [0.2, 0.25) is 0 Å². The van der Waals surface area contributed by atoms with Crippen LogP contribution in [0.25, 0.3) is 0 Å². The number of hydrogen-bond donors (Lipinski definition) is 2. The Bertz CT molecular complexity index is 339. The fraction of sp³-hybridized carbons (Fsp3) is 0.786. The van der Waals surface area contributed by atoms with Crippen LogP contribution in [0.15, 0.2) is 12.2 Å². The summed E-state index contributed by atoms with van der Waals surface area (Å²) in [6.07, 6.45) is 9.23. The van der Waals surface area contributed by atoms with Crippen LogP contribution in [0.5, 0.6) is 0 Å². The van der Waals surface area contributed by atoms with Crippen molar-refractivity contribution in [3.63, 3.8) is 0 Å². The van der Waals surface area contributed by atoms with Crippen molar-refractivity contribution in [2.75, 3.05) is 6.54 Å². The first kappa shape index (κ1) is 11.3. The van der Waals surface area contributed by atoms with Crippen LogP contribution < -0.4 is 10.6 Å². The van der Waals surface area contributed by atoms with Crippen molar-refractivity contribution >= 4 is 5.91 Å². The molecule has 3 nitrogen and oxygen atoms in total. The fourth-order valence-corrected chi connectivity index (χ4v) is 3.71. The molecule has 3 heteroatoms. The lowest BCUT2D eigenvalue weighted by Gasteiger charge is -2.27. The first-order valence-corrected chi connectivity index (χ1v) is 6.93. The van der Waals surface area contributed by atoms with Gasteiger partial charge in [0.2, 0.25) is 5.91 Å². The third-order valence-corrected chi connectivity index (χ3v) is 4.74. The van der Waals surface area contributed by atoms with Gasteiger partial charge in [0.25, 0.3) is 0 Å². The smallest absolute Gasteiger partial charge is 0.220 e. The molecule has 5 unspecified atom stereocenters. The topological polar surface area (TPSA) is 41.1 Å². The number of allylic oxidation sites excluding steroid dienone is 2. The highest BCUT2D eigenvalue weighted by molar-refractivity contribution is 5.78. The van der Waals surface area contributed by atoms with E-state index in [2.05, 4.69) is 29.7 Å². The highest BCUT2D eigenvalue weighted by Crippen LogP contribution is 2.44. The number of nitrogens with one attached hydrogen (secondary N) is 2. The number of carbonyl (C=O) groups is 1. The van der Waals surface area contributed by atoms with E-state index in [0.717, 1.165) is 30.7 Å². The molecule has 3 rings (SSSR count). The number of hydrogen-bond acceptors (Lipinski definition) is 2. The molecule has 0 aromatic carbocycles. The van der Waals surface area contributed by atoms with Crippen LogP contribution >= 0.6 is 0 Å². The zero-order valence-electron chi connectivity index (χ0n) is 10.5. The molecule has 2 N–H and O–H groups in total. The van der Waals surface area contributed by atoms with Crippen LogP contribution in [-0.2, 0) is 4.79 Å². The van der Waals surface area contributed by atoms with Crippen molar-refractivity contribution in [2.24, 2.45) is 17.8 Å². The average molecular weight is 234 g/mol. The second kappa shape index (κ2) is 4.45. The Hall–Kier alpha value is -0.830.